The minimum absolute atomic E-state index is 0.0526. The molecule has 3 unspecified atom stereocenters. The molecule has 1 aliphatic rings. The number of hydrogen-bond acceptors (Lipinski definition) is 6. The normalized spacial score (nSPS) is 22.1. The first-order valence-corrected chi connectivity index (χ1v) is 8.95. The zero-order chi connectivity index (χ0) is 19.2. The van der Waals surface area contributed by atoms with Crippen LogP contribution in [0.1, 0.15) is 31.0 Å². The van der Waals surface area contributed by atoms with Crippen LogP contribution < -0.4 is 21.0 Å². The average Bonchev–Trinajstić information content (AvgIpc) is 3.06. The van der Waals surface area contributed by atoms with Crippen LogP contribution in [0, 0.1) is 5.92 Å². The second-order valence-corrected chi connectivity index (χ2v) is 6.41. The summed E-state index contributed by atoms with van der Waals surface area (Å²) in [7, 11) is 0. The fraction of sp³-hybridized carbons (Fsp3) is 0.300. The molecule has 0 radical (unpaired) electrons. The Kier molecular flexibility index (Phi) is 6.05. The molecule has 27 heavy (non-hydrogen) atoms. The van der Waals surface area contributed by atoms with Crippen molar-refractivity contribution in [2.45, 2.75) is 25.9 Å². The second-order valence-electron chi connectivity index (χ2n) is 6.41. The Morgan fingerprint density at radius 2 is 2.04 bits per heavy atom. The van der Waals surface area contributed by atoms with Crippen molar-refractivity contribution >= 4 is 12.1 Å². The van der Waals surface area contributed by atoms with Crippen LogP contribution in [0.4, 0.5) is 0 Å². The topological polar surface area (TPSA) is 95.0 Å². The Balaban J connectivity index is 1.59. The Hall–Kier alpha value is -2.90. The number of hydrazine groups is 1. The number of carbonyl (C=O) groups excluding carboxylic acids is 1. The molecule has 1 fully saturated rings. The van der Waals surface area contributed by atoms with Crippen molar-refractivity contribution in [3.05, 3.63) is 59.7 Å². The molecule has 1 saturated heterocycles. The van der Waals surface area contributed by atoms with E-state index in [4.69, 9.17) is 4.74 Å². The quantitative estimate of drug-likeness (QED) is 0.463. The van der Waals surface area contributed by atoms with E-state index in [2.05, 4.69) is 21.4 Å². The lowest BCUT2D eigenvalue weighted by Gasteiger charge is -2.17. The van der Waals surface area contributed by atoms with Crippen LogP contribution in [0.25, 0.3) is 0 Å². The molecule has 2 aromatic carbocycles. The summed E-state index contributed by atoms with van der Waals surface area (Å²) in [6, 6.07) is 14.5. The number of benzene rings is 2. The van der Waals surface area contributed by atoms with Crippen molar-refractivity contribution < 1.29 is 14.6 Å². The lowest BCUT2D eigenvalue weighted by Crippen LogP contribution is -2.43. The van der Waals surface area contributed by atoms with Gasteiger partial charge in [0, 0.05) is 5.92 Å². The van der Waals surface area contributed by atoms with Crippen LogP contribution in [-0.4, -0.2) is 29.9 Å². The highest BCUT2D eigenvalue weighted by atomic mass is 16.5. The molecule has 142 valence electrons. The molecular formula is C20H24N4O3. The van der Waals surface area contributed by atoms with E-state index in [0.717, 1.165) is 5.56 Å². The summed E-state index contributed by atoms with van der Waals surface area (Å²) in [5.41, 5.74) is 10.6. The number of phenols is 1. The second kappa shape index (κ2) is 8.66. The molecule has 7 nitrogen and oxygen atoms in total. The van der Waals surface area contributed by atoms with Crippen molar-refractivity contribution in [1.82, 2.24) is 16.3 Å². The van der Waals surface area contributed by atoms with Gasteiger partial charge >= 0.3 is 0 Å². The molecular weight excluding hydrogens is 344 g/mol. The van der Waals surface area contributed by atoms with Gasteiger partial charge in [-0.2, -0.15) is 5.10 Å². The summed E-state index contributed by atoms with van der Waals surface area (Å²) in [6.45, 7) is 4.31. The molecule has 2 aromatic rings. The molecule has 7 heteroatoms. The van der Waals surface area contributed by atoms with Crippen LogP contribution in [-0.2, 0) is 4.79 Å². The maximum atomic E-state index is 12.5. The molecule has 3 rings (SSSR count). The Labute approximate surface area is 158 Å². The molecule has 0 spiro atoms. The maximum Gasteiger partial charge on any atom is 0.258 e. The van der Waals surface area contributed by atoms with Crippen molar-refractivity contribution in [1.29, 1.82) is 0 Å². The molecule has 0 aliphatic carbocycles. The lowest BCUT2D eigenvalue weighted by atomic mass is 9.91. The van der Waals surface area contributed by atoms with E-state index in [1.54, 1.807) is 12.1 Å². The average molecular weight is 368 g/mol. The van der Waals surface area contributed by atoms with Gasteiger partial charge in [0.2, 0.25) is 0 Å². The number of nitrogens with one attached hydrogen (secondary N) is 3. The zero-order valence-corrected chi connectivity index (χ0v) is 15.3. The van der Waals surface area contributed by atoms with E-state index in [9.17, 15) is 9.90 Å². The first-order chi connectivity index (χ1) is 13.1. The fourth-order valence-electron chi connectivity index (χ4n) is 3.11. The lowest BCUT2D eigenvalue weighted by molar-refractivity contribution is -0.123. The molecule has 1 aliphatic heterocycles. The van der Waals surface area contributed by atoms with Crippen LogP contribution in [0.15, 0.2) is 53.6 Å². The third-order valence-corrected chi connectivity index (χ3v) is 4.56. The third kappa shape index (κ3) is 4.45. The Morgan fingerprint density at radius 3 is 2.78 bits per heavy atom. The summed E-state index contributed by atoms with van der Waals surface area (Å²) < 4.78 is 5.34. The summed E-state index contributed by atoms with van der Waals surface area (Å²) >= 11 is 0. The van der Waals surface area contributed by atoms with Gasteiger partial charge in [0.05, 0.1) is 18.9 Å². The highest BCUT2D eigenvalue weighted by Crippen LogP contribution is 2.28. The van der Waals surface area contributed by atoms with E-state index >= 15 is 0 Å². The van der Waals surface area contributed by atoms with Gasteiger partial charge in [-0.25, -0.2) is 16.3 Å². The van der Waals surface area contributed by atoms with Crippen molar-refractivity contribution in [2.24, 2.45) is 11.0 Å². The van der Waals surface area contributed by atoms with Crippen LogP contribution in [0.5, 0.6) is 11.5 Å². The minimum Gasteiger partial charge on any atom is -0.504 e. The van der Waals surface area contributed by atoms with Gasteiger partial charge in [0.15, 0.2) is 11.5 Å². The first-order valence-electron chi connectivity index (χ1n) is 8.95. The van der Waals surface area contributed by atoms with E-state index < -0.39 is 6.04 Å². The van der Waals surface area contributed by atoms with Gasteiger partial charge in [-0.15, -0.1) is 0 Å². The third-order valence-electron chi connectivity index (χ3n) is 4.56. The van der Waals surface area contributed by atoms with Crippen LogP contribution >= 0.6 is 0 Å². The number of aromatic hydroxyl groups is 1. The first kappa shape index (κ1) is 18.9. The predicted molar refractivity (Wildman–Crippen MR) is 103 cm³/mol. The molecule has 0 saturated carbocycles. The standard InChI is InChI=1S/C20H24N4O3/c1-3-27-17-11-14(9-10-16(17)25)12-21-24-20(26)19-13(2)18(22-23-19)15-7-5-4-6-8-15/h4-13,18-19,22-23,25H,3H2,1-2H3,(H,24,26)/b21-12+. The molecule has 3 atom stereocenters. The number of hydrazone groups is 1. The van der Waals surface area contributed by atoms with Crippen molar-refractivity contribution in [3.63, 3.8) is 0 Å². The molecule has 0 aromatic heterocycles. The highest BCUT2D eigenvalue weighted by Gasteiger charge is 2.37. The van der Waals surface area contributed by atoms with Crippen LogP contribution in [0.3, 0.4) is 0 Å². The maximum absolute atomic E-state index is 12.5. The van der Waals surface area contributed by atoms with Crippen LogP contribution in [0.2, 0.25) is 0 Å². The monoisotopic (exact) mass is 368 g/mol. The van der Waals surface area contributed by atoms with Gasteiger partial charge < -0.3 is 9.84 Å². The summed E-state index contributed by atoms with van der Waals surface area (Å²) in [5, 5.41) is 13.7. The number of hydrogen-bond donors (Lipinski definition) is 4. The number of ether oxygens (including phenoxy) is 1. The SMILES string of the molecule is CCOc1cc(/C=N/NC(=O)C2NNC(c3ccccc3)C2C)ccc1O. The molecule has 0 bridgehead atoms. The van der Waals surface area contributed by atoms with Crippen molar-refractivity contribution in [3.8, 4) is 11.5 Å². The number of phenolic OH excluding ortho intramolecular Hbond substituents is 1. The summed E-state index contributed by atoms with van der Waals surface area (Å²) in [6.07, 6.45) is 1.52. The van der Waals surface area contributed by atoms with Gasteiger partial charge in [0.1, 0.15) is 6.04 Å². The van der Waals surface area contributed by atoms with Crippen molar-refractivity contribution in [2.75, 3.05) is 6.61 Å². The molecule has 4 N–H and O–H groups in total. The number of carbonyl (C=O) groups is 1. The number of nitrogens with zero attached hydrogens (tertiary/aromatic N) is 1. The smallest absolute Gasteiger partial charge is 0.258 e. The Morgan fingerprint density at radius 1 is 1.26 bits per heavy atom. The molecule has 1 heterocycles. The van der Waals surface area contributed by atoms with E-state index in [-0.39, 0.29) is 23.6 Å². The number of rotatable bonds is 6. The van der Waals surface area contributed by atoms with E-state index in [0.29, 0.717) is 17.9 Å². The van der Waals surface area contributed by atoms with Gasteiger partial charge in [-0.05, 0) is 36.2 Å². The predicted octanol–water partition coefficient (Wildman–Crippen LogP) is 2.09. The Bertz CT molecular complexity index is 810. The van der Waals surface area contributed by atoms with Gasteiger partial charge in [-0.3, -0.25) is 4.79 Å². The largest absolute Gasteiger partial charge is 0.504 e. The van der Waals surface area contributed by atoms with E-state index in [1.165, 1.54) is 12.3 Å². The summed E-state index contributed by atoms with van der Waals surface area (Å²) in [4.78, 5) is 12.5. The fourth-order valence-corrected chi connectivity index (χ4v) is 3.11. The van der Waals surface area contributed by atoms with Gasteiger partial charge in [0.25, 0.3) is 5.91 Å². The molecule has 1 amide bonds. The summed E-state index contributed by atoms with van der Waals surface area (Å²) in [5.74, 6) is 0.295. The van der Waals surface area contributed by atoms with Gasteiger partial charge in [-0.1, -0.05) is 37.3 Å². The van der Waals surface area contributed by atoms with E-state index in [1.807, 2.05) is 44.2 Å². The minimum atomic E-state index is -0.397. The highest BCUT2D eigenvalue weighted by molar-refractivity contribution is 5.85. The number of amides is 1. The zero-order valence-electron chi connectivity index (χ0n) is 15.3.